The first kappa shape index (κ1) is 21.4. The second-order valence-electron chi connectivity index (χ2n) is 7.44. The molecule has 1 aromatic heterocycles. The van der Waals surface area contributed by atoms with Crippen molar-refractivity contribution < 1.29 is 4.74 Å². The Balaban J connectivity index is 1.48. The summed E-state index contributed by atoms with van der Waals surface area (Å²) in [7, 11) is 1.71. The maximum atomic E-state index is 5.53. The molecule has 7 heteroatoms. The number of fused-ring (bicyclic) bond motifs is 1. The molecule has 0 unspecified atom stereocenters. The Morgan fingerprint density at radius 1 is 1.10 bits per heavy atom. The highest BCUT2D eigenvalue weighted by Gasteiger charge is 2.13. The number of thioether (sulfide) groups is 1. The number of halogens is 1. The molecule has 4 rings (SSSR count). The van der Waals surface area contributed by atoms with E-state index in [0.29, 0.717) is 0 Å². The van der Waals surface area contributed by atoms with Crippen LogP contribution in [0.15, 0.2) is 52.0 Å². The van der Waals surface area contributed by atoms with Gasteiger partial charge in [0, 0.05) is 22.3 Å². The average molecular weight is 487 g/mol. The minimum atomic E-state index is 0.762. The lowest BCUT2D eigenvalue weighted by Gasteiger charge is -2.16. The third-order valence-electron chi connectivity index (χ3n) is 5.29. The minimum absolute atomic E-state index is 0.762. The molecule has 0 radical (unpaired) electrons. The first-order valence-corrected chi connectivity index (χ1v) is 12.2. The predicted molar refractivity (Wildman–Crippen MR) is 129 cm³/mol. The van der Waals surface area contributed by atoms with E-state index in [1.807, 2.05) is 36.4 Å². The van der Waals surface area contributed by atoms with Crippen molar-refractivity contribution in [3.05, 3.63) is 52.5 Å². The Labute approximate surface area is 190 Å². The van der Waals surface area contributed by atoms with Gasteiger partial charge in [0.2, 0.25) is 0 Å². The van der Waals surface area contributed by atoms with E-state index in [4.69, 9.17) is 14.7 Å². The number of ether oxygens (including phenoxy) is 1. The van der Waals surface area contributed by atoms with Crippen LogP contribution in [0.2, 0.25) is 0 Å². The highest BCUT2D eigenvalue weighted by molar-refractivity contribution is 9.10. The molecule has 1 fully saturated rings. The summed E-state index contributed by atoms with van der Waals surface area (Å²) in [5, 5.41) is 4.47. The molecule has 30 heavy (non-hydrogen) atoms. The number of rotatable bonds is 9. The van der Waals surface area contributed by atoms with Crippen LogP contribution in [0.3, 0.4) is 0 Å². The molecule has 0 saturated carbocycles. The van der Waals surface area contributed by atoms with Gasteiger partial charge in [0.25, 0.3) is 0 Å². The number of likely N-dealkylation sites (tertiary alicyclic amines) is 1. The maximum Gasteiger partial charge on any atom is 0.159 e. The molecule has 5 nitrogen and oxygen atoms in total. The van der Waals surface area contributed by atoms with Gasteiger partial charge in [0.1, 0.15) is 10.8 Å². The highest BCUT2D eigenvalue weighted by Crippen LogP contribution is 2.33. The Hall–Kier alpha value is -1.83. The summed E-state index contributed by atoms with van der Waals surface area (Å²) in [6.07, 6.45) is 3.78. The van der Waals surface area contributed by atoms with Gasteiger partial charge in [0.05, 0.1) is 18.1 Å². The lowest BCUT2D eigenvalue weighted by atomic mass is 10.2. The molecule has 0 aliphatic carbocycles. The van der Waals surface area contributed by atoms with Crippen LogP contribution in [0.25, 0.3) is 11.0 Å². The summed E-state index contributed by atoms with van der Waals surface area (Å²) in [5.41, 5.74) is 2.97. The topological polar surface area (TPSA) is 50.3 Å². The first-order chi connectivity index (χ1) is 14.7. The normalized spacial score (nSPS) is 14.3. The van der Waals surface area contributed by atoms with E-state index in [1.54, 1.807) is 18.9 Å². The van der Waals surface area contributed by atoms with Crippen LogP contribution in [-0.2, 0) is 5.75 Å². The Morgan fingerprint density at radius 2 is 1.87 bits per heavy atom. The molecular formula is C23H27BrN4OS. The van der Waals surface area contributed by atoms with Gasteiger partial charge in [-0.25, -0.2) is 9.97 Å². The quantitative estimate of drug-likeness (QED) is 0.314. The van der Waals surface area contributed by atoms with Crippen molar-refractivity contribution in [1.29, 1.82) is 0 Å². The predicted octanol–water partition coefficient (Wildman–Crippen LogP) is 5.59. The fourth-order valence-corrected chi connectivity index (χ4v) is 5.07. The van der Waals surface area contributed by atoms with Gasteiger partial charge < -0.3 is 15.0 Å². The van der Waals surface area contributed by atoms with E-state index in [-0.39, 0.29) is 0 Å². The van der Waals surface area contributed by atoms with Crippen molar-refractivity contribution in [1.82, 2.24) is 14.9 Å². The van der Waals surface area contributed by atoms with Gasteiger partial charge in [-0.2, -0.15) is 0 Å². The smallest absolute Gasteiger partial charge is 0.159 e. The lowest BCUT2D eigenvalue weighted by Crippen LogP contribution is -2.22. The summed E-state index contributed by atoms with van der Waals surface area (Å²) < 4.78 is 6.57. The molecule has 3 aromatic rings. The number of hydrogen-bond donors (Lipinski definition) is 1. The van der Waals surface area contributed by atoms with Crippen LogP contribution in [0, 0.1) is 0 Å². The molecular weight excluding hydrogens is 460 g/mol. The van der Waals surface area contributed by atoms with Crippen molar-refractivity contribution in [3.8, 4) is 5.75 Å². The van der Waals surface area contributed by atoms with Gasteiger partial charge in [-0.15, -0.1) is 0 Å². The van der Waals surface area contributed by atoms with Crippen molar-refractivity contribution >= 4 is 44.5 Å². The second-order valence-corrected chi connectivity index (χ2v) is 9.32. The number of nitrogens with one attached hydrogen (secondary N) is 1. The van der Waals surface area contributed by atoms with Gasteiger partial charge >= 0.3 is 0 Å². The average Bonchev–Trinajstić information content (AvgIpc) is 3.29. The zero-order chi connectivity index (χ0) is 20.8. The van der Waals surface area contributed by atoms with E-state index in [2.05, 4.69) is 32.2 Å². The number of methoxy groups -OCH3 is 1. The fraction of sp³-hybridized carbons (Fsp3) is 0.391. The number of nitrogens with zero attached hydrogens (tertiary/aromatic N) is 3. The van der Waals surface area contributed by atoms with Crippen molar-refractivity contribution in [2.75, 3.05) is 38.6 Å². The van der Waals surface area contributed by atoms with Crippen molar-refractivity contribution in [2.24, 2.45) is 0 Å². The molecule has 1 aliphatic rings. The molecule has 1 saturated heterocycles. The molecule has 2 aromatic carbocycles. The third kappa shape index (κ3) is 5.45. The van der Waals surface area contributed by atoms with Gasteiger partial charge in [-0.05, 0) is 69.2 Å². The fourth-order valence-electron chi connectivity index (χ4n) is 3.72. The SMILES string of the molecule is COc1ccc(Br)cc1CSc1nc2ccccc2nc1NCCCN1CCCC1. The Kier molecular flexibility index (Phi) is 7.47. The van der Waals surface area contributed by atoms with Crippen LogP contribution in [0.4, 0.5) is 5.82 Å². The summed E-state index contributed by atoms with van der Waals surface area (Å²) in [6.45, 7) is 4.53. The monoisotopic (exact) mass is 486 g/mol. The van der Waals surface area contributed by atoms with Crippen LogP contribution in [-0.4, -0.2) is 48.2 Å². The maximum absolute atomic E-state index is 5.53. The minimum Gasteiger partial charge on any atom is -0.496 e. The summed E-state index contributed by atoms with van der Waals surface area (Å²) in [5.74, 6) is 2.52. The summed E-state index contributed by atoms with van der Waals surface area (Å²) in [6, 6.07) is 14.1. The van der Waals surface area contributed by atoms with Crippen LogP contribution in [0.5, 0.6) is 5.75 Å². The summed E-state index contributed by atoms with van der Waals surface area (Å²) >= 11 is 5.25. The van der Waals surface area contributed by atoms with E-state index < -0.39 is 0 Å². The number of benzene rings is 2. The molecule has 0 amide bonds. The number of hydrogen-bond acceptors (Lipinski definition) is 6. The Morgan fingerprint density at radius 3 is 2.63 bits per heavy atom. The number of aromatic nitrogens is 2. The zero-order valence-corrected chi connectivity index (χ0v) is 19.6. The van der Waals surface area contributed by atoms with Crippen molar-refractivity contribution in [2.45, 2.75) is 30.0 Å². The largest absolute Gasteiger partial charge is 0.496 e. The van der Waals surface area contributed by atoms with E-state index in [0.717, 1.165) is 62.9 Å². The molecule has 1 aliphatic heterocycles. The van der Waals surface area contributed by atoms with E-state index in [9.17, 15) is 0 Å². The molecule has 1 N–H and O–H groups in total. The van der Waals surface area contributed by atoms with E-state index >= 15 is 0 Å². The molecule has 0 spiro atoms. The van der Waals surface area contributed by atoms with Crippen molar-refractivity contribution in [3.63, 3.8) is 0 Å². The number of anilines is 1. The van der Waals surface area contributed by atoms with Crippen LogP contribution >= 0.6 is 27.7 Å². The molecule has 158 valence electrons. The van der Waals surface area contributed by atoms with Crippen LogP contribution < -0.4 is 10.1 Å². The zero-order valence-electron chi connectivity index (χ0n) is 17.2. The van der Waals surface area contributed by atoms with Gasteiger partial charge in [0.15, 0.2) is 5.82 Å². The second kappa shape index (κ2) is 10.5. The van der Waals surface area contributed by atoms with Crippen LogP contribution in [0.1, 0.15) is 24.8 Å². The highest BCUT2D eigenvalue weighted by atomic mass is 79.9. The molecule has 2 heterocycles. The van der Waals surface area contributed by atoms with E-state index in [1.165, 1.54) is 25.9 Å². The van der Waals surface area contributed by atoms with Gasteiger partial charge in [-0.3, -0.25) is 0 Å². The Bertz CT molecular complexity index is 994. The standard InChI is InChI=1S/C23H27BrN4OS/c1-29-21-10-9-18(24)15-17(21)16-30-23-22(25-11-6-14-28-12-4-5-13-28)26-19-7-2-3-8-20(19)27-23/h2-3,7-10,15H,4-6,11-14,16H2,1H3,(H,25,26). The summed E-state index contributed by atoms with van der Waals surface area (Å²) in [4.78, 5) is 12.3. The third-order valence-corrected chi connectivity index (χ3v) is 6.79. The lowest BCUT2D eigenvalue weighted by molar-refractivity contribution is 0.337. The molecule has 0 atom stereocenters. The number of para-hydroxylation sites is 2. The molecule has 0 bridgehead atoms. The first-order valence-electron chi connectivity index (χ1n) is 10.4. The van der Waals surface area contributed by atoms with Gasteiger partial charge in [-0.1, -0.05) is 39.8 Å².